The van der Waals surface area contributed by atoms with Gasteiger partial charge in [0.15, 0.2) is 0 Å². The molecule has 0 radical (unpaired) electrons. The molecule has 0 aromatic heterocycles. The van der Waals surface area contributed by atoms with Crippen LogP contribution in [0.3, 0.4) is 0 Å². The third-order valence-corrected chi connectivity index (χ3v) is 3.26. The third-order valence-electron chi connectivity index (χ3n) is 3.26. The smallest absolute Gasteiger partial charge is 0.309 e. The first kappa shape index (κ1) is 13.5. The first-order valence-corrected chi connectivity index (χ1v) is 5.99. The second kappa shape index (κ2) is 5.64. The zero-order valence-corrected chi connectivity index (χ0v) is 10.1. The average molecular weight is 230 g/mol. The van der Waals surface area contributed by atoms with Gasteiger partial charge >= 0.3 is 5.97 Å². The molecule has 0 aromatic carbocycles. The van der Waals surface area contributed by atoms with Crippen LogP contribution >= 0.6 is 0 Å². The van der Waals surface area contributed by atoms with Gasteiger partial charge in [0.1, 0.15) is 0 Å². The quantitative estimate of drug-likeness (QED) is 0.730. The zero-order chi connectivity index (χ0) is 12.2. The molecular weight excluding hydrogens is 208 g/mol. The standard InChI is InChI=1S/C12H22O4/c1-9(2)16-8-10(13)7-12(11(14)15)5-3-4-6-12/h9-10,13H,3-8H2,1-2H3,(H,14,15). The molecule has 0 heterocycles. The third kappa shape index (κ3) is 3.46. The molecule has 1 unspecified atom stereocenters. The second-order valence-corrected chi connectivity index (χ2v) is 5.03. The van der Waals surface area contributed by atoms with E-state index in [0.717, 1.165) is 12.8 Å². The zero-order valence-electron chi connectivity index (χ0n) is 10.1. The summed E-state index contributed by atoms with van der Waals surface area (Å²) in [6.45, 7) is 4.03. The van der Waals surface area contributed by atoms with Crippen LogP contribution in [-0.4, -0.2) is 35.0 Å². The number of carboxylic acids is 1. The minimum Gasteiger partial charge on any atom is -0.481 e. The number of rotatable bonds is 6. The molecule has 4 heteroatoms. The predicted octanol–water partition coefficient (Wildman–Crippen LogP) is 1.81. The highest BCUT2D eigenvalue weighted by Crippen LogP contribution is 2.42. The van der Waals surface area contributed by atoms with E-state index in [9.17, 15) is 15.0 Å². The lowest BCUT2D eigenvalue weighted by Gasteiger charge is -2.26. The number of hydrogen-bond acceptors (Lipinski definition) is 3. The van der Waals surface area contributed by atoms with Crippen LogP contribution in [0.1, 0.15) is 46.0 Å². The van der Waals surface area contributed by atoms with E-state index in [1.807, 2.05) is 13.8 Å². The second-order valence-electron chi connectivity index (χ2n) is 5.03. The van der Waals surface area contributed by atoms with Gasteiger partial charge in [0.25, 0.3) is 0 Å². The van der Waals surface area contributed by atoms with Crippen LogP contribution < -0.4 is 0 Å². The Hall–Kier alpha value is -0.610. The fourth-order valence-electron chi connectivity index (χ4n) is 2.37. The van der Waals surface area contributed by atoms with Crippen molar-refractivity contribution in [1.82, 2.24) is 0 Å². The van der Waals surface area contributed by atoms with Crippen molar-refractivity contribution >= 4 is 5.97 Å². The topological polar surface area (TPSA) is 66.8 Å². The van der Waals surface area contributed by atoms with Gasteiger partial charge in [-0.15, -0.1) is 0 Å². The minimum atomic E-state index is -0.770. The lowest BCUT2D eigenvalue weighted by Crippen LogP contribution is -2.34. The molecule has 0 spiro atoms. The van der Waals surface area contributed by atoms with Crippen LogP contribution in [0.15, 0.2) is 0 Å². The Morgan fingerprint density at radius 1 is 1.38 bits per heavy atom. The number of ether oxygens (including phenoxy) is 1. The van der Waals surface area contributed by atoms with E-state index in [1.165, 1.54) is 0 Å². The first-order valence-electron chi connectivity index (χ1n) is 5.99. The van der Waals surface area contributed by atoms with Crippen LogP contribution in [0.5, 0.6) is 0 Å². The Bertz CT molecular complexity index is 231. The van der Waals surface area contributed by atoms with Gasteiger partial charge in [-0.3, -0.25) is 4.79 Å². The van der Waals surface area contributed by atoms with Crippen molar-refractivity contribution in [3.8, 4) is 0 Å². The summed E-state index contributed by atoms with van der Waals surface area (Å²) in [4.78, 5) is 11.2. The molecule has 0 amide bonds. The van der Waals surface area contributed by atoms with Gasteiger partial charge in [0.2, 0.25) is 0 Å². The molecule has 94 valence electrons. The maximum atomic E-state index is 11.2. The minimum absolute atomic E-state index is 0.0685. The highest BCUT2D eigenvalue weighted by molar-refractivity contribution is 5.75. The molecular formula is C12H22O4. The summed E-state index contributed by atoms with van der Waals surface area (Å²) >= 11 is 0. The van der Waals surface area contributed by atoms with Crippen LogP contribution in [-0.2, 0) is 9.53 Å². The molecule has 1 atom stereocenters. The monoisotopic (exact) mass is 230 g/mol. The number of aliphatic carboxylic acids is 1. The van der Waals surface area contributed by atoms with Gasteiger partial charge in [0.05, 0.1) is 24.2 Å². The van der Waals surface area contributed by atoms with Crippen molar-refractivity contribution in [1.29, 1.82) is 0 Å². The normalized spacial score (nSPS) is 21.2. The van der Waals surface area contributed by atoms with E-state index < -0.39 is 17.5 Å². The Morgan fingerprint density at radius 2 is 1.94 bits per heavy atom. The molecule has 1 rings (SSSR count). The van der Waals surface area contributed by atoms with Gasteiger partial charge in [-0.25, -0.2) is 0 Å². The van der Waals surface area contributed by atoms with Crippen molar-refractivity contribution in [2.24, 2.45) is 5.41 Å². The van der Waals surface area contributed by atoms with Crippen LogP contribution in [0.2, 0.25) is 0 Å². The molecule has 0 aliphatic heterocycles. The fourth-order valence-corrected chi connectivity index (χ4v) is 2.37. The van der Waals surface area contributed by atoms with Crippen molar-refractivity contribution in [2.75, 3.05) is 6.61 Å². The van der Waals surface area contributed by atoms with Gasteiger partial charge < -0.3 is 14.9 Å². The number of aliphatic hydroxyl groups excluding tert-OH is 1. The van der Waals surface area contributed by atoms with Gasteiger partial charge in [-0.1, -0.05) is 12.8 Å². The van der Waals surface area contributed by atoms with Gasteiger partial charge in [0, 0.05) is 0 Å². The summed E-state index contributed by atoms with van der Waals surface area (Å²) in [5.74, 6) is -0.770. The Kier molecular flexibility index (Phi) is 4.74. The summed E-state index contributed by atoms with van der Waals surface area (Å²) in [6, 6.07) is 0. The van der Waals surface area contributed by atoms with Crippen LogP contribution in [0.25, 0.3) is 0 Å². The molecule has 1 saturated carbocycles. The molecule has 2 N–H and O–H groups in total. The molecule has 4 nitrogen and oxygen atoms in total. The molecule has 1 aliphatic rings. The number of aliphatic hydroxyl groups is 1. The molecule has 0 aromatic rings. The summed E-state index contributed by atoms with van der Waals surface area (Å²) in [6.07, 6.45) is 2.97. The lowest BCUT2D eigenvalue weighted by atomic mass is 9.81. The van der Waals surface area contributed by atoms with E-state index in [1.54, 1.807) is 0 Å². The van der Waals surface area contributed by atoms with Crippen molar-refractivity contribution in [3.63, 3.8) is 0 Å². The highest BCUT2D eigenvalue weighted by atomic mass is 16.5. The van der Waals surface area contributed by atoms with E-state index in [2.05, 4.69) is 0 Å². The summed E-state index contributed by atoms with van der Waals surface area (Å²) in [7, 11) is 0. The van der Waals surface area contributed by atoms with Crippen molar-refractivity contribution in [3.05, 3.63) is 0 Å². The van der Waals surface area contributed by atoms with Gasteiger partial charge in [-0.2, -0.15) is 0 Å². The van der Waals surface area contributed by atoms with E-state index >= 15 is 0 Å². The maximum absolute atomic E-state index is 11.2. The fraction of sp³-hybridized carbons (Fsp3) is 0.917. The van der Waals surface area contributed by atoms with Crippen molar-refractivity contribution in [2.45, 2.75) is 58.2 Å². The number of hydrogen-bond donors (Lipinski definition) is 2. The maximum Gasteiger partial charge on any atom is 0.309 e. The number of carbonyl (C=O) groups is 1. The van der Waals surface area contributed by atoms with E-state index in [-0.39, 0.29) is 12.7 Å². The summed E-state index contributed by atoms with van der Waals surface area (Å²) in [5.41, 5.74) is -0.709. The largest absolute Gasteiger partial charge is 0.481 e. The molecule has 0 bridgehead atoms. The molecule has 1 aliphatic carbocycles. The van der Waals surface area contributed by atoms with E-state index in [0.29, 0.717) is 19.3 Å². The van der Waals surface area contributed by atoms with Crippen LogP contribution in [0, 0.1) is 5.41 Å². The van der Waals surface area contributed by atoms with Crippen molar-refractivity contribution < 1.29 is 19.7 Å². The lowest BCUT2D eigenvalue weighted by molar-refractivity contribution is -0.151. The Morgan fingerprint density at radius 3 is 2.38 bits per heavy atom. The average Bonchev–Trinajstić information content (AvgIpc) is 2.64. The molecule has 1 fully saturated rings. The first-order chi connectivity index (χ1) is 7.46. The van der Waals surface area contributed by atoms with Crippen LogP contribution in [0.4, 0.5) is 0 Å². The number of carboxylic acid groups (broad SMARTS) is 1. The Labute approximate surface area is 96.6 Å². The molecule has 0 saturated heterocycles. The summed E-state index contributed by atoms with van der Waals surface area (Å²) in [5, 5.41) is 19.0. The highest BCUT2D eigenvalue weighted by Gasteiger charge is 2.42. The SMILES string of the molecule is CC(C)OCC(O)CC1(C(=O)O)CCCC1. The van der Waals surface area contributed by atoms with E-state index in [4.69, 9.17) is 4.74 Å². The molecule has 16 heavy (non-hydrogen) atoms. The van der Waals surface area contributed by atoms with Gasteiger partial charge in [-0.05, 0) is 33.1 Å². The predicted molar refractivity (Wildman–Crippen MR) is 60.2 cm³/mol. The Balaban J connectivity index is 2.46. The summed E-state index contributed by atoms with van der Waals surface area (Å²) < 4.78 is 5.30.